The molecule has 0 bridgehead atoms. The summed E-state index contributed by atoms with van der Waals surface area (Å²) in [7, 11) is 0. The van der Waals surface area contributed by atoms with E-state index in [-0.39, 0.29) is 0 Å². The largest absolute Gasteiger partial charge is 0.140 e. The van der Waals surface area contributed by atoms with Gasteiger partial charge in [-0.2, -0.15) is 0 Å². The molecule has 0 unspecified atom stereocenters. The first-order valence-electron chi connectivity index (χ1n) is 15.2. The van der Waals surface area contributed by atoms with E-state index in [0.29, 0.717) is 0 Å². The molecule has 0 spiro atoms. The molecular weight excluding hydrogens is 521 g/mol. The van der Waals surface area contributed by atoms with Gasteiger partial charge in [0.2, 0.25) is 0 Å². The van der Waals surface area contributed by atoms with Gasteiger partial charge in [-0.15, -0.1) is 22.7 Å². The molecule has 202 valence electrons. The van der Waals surface area contributed by atoms with Crippen LogP contribution in [0.1, 0.15) is 86.4 Å². The van der Waals surface area contributed by atoms with Crippen LogP contribution in [0.5, 0.6) is 0 Å². The Morgan fingerprint density at radius 1 is 0.525 bits per heavy atom. The molecule has 4 aromatic carbocycles. The topological polar surface area (TPSA) is 0 Å². The van der Waals surface area contributed by atoms with E-state index in [1.54, 1.807) is 11.3 Å². The summed E-state index contributed by atoms with van der Waals surface area (Å²) in [4.78, 5) is 2.66. The van der Waals surface area contributed by atoms with Crippen molar-refractivity contribution in [3.05, 3.63) is 94.2 Å². The minimum absolute atomic E-state index is 1.07. The zero-order valence-corrected chi connectivity index (χ0v) is 25.2. The second-order valence-corrected chi connectivity index (χ2v) is 13.4. The zero-order chi connectivity index (χ0) is 27.1. The molecular formula is C38H38S2. The molecule has 0 atom stereocenters. The Morgan fingerprint density at radius 2 is 1.18 bits per heavy atom. The Bertz CT molecular complexity index is 1800. The Morgan fingerprint density at radius 3 is 1.93 bits per heavy atom. The second-order valence-electron chi connectivity index (χ2n) is 11.1. The highest BCUT2D eigenvalue weighted by atomic mass is 32.1. The number of hydrogen-bond donors (Lipinski definition) is 0. The van der Waals surface area contributed by atoms with Gasteiger partial charge in [0.15, 0.2) is 0 Å². The van der Waals surface area contributed by atoms with E-state index in [1.165, 1.54) is 117 Å². The maximum atomic E-state index is 3.44. The molecule has 0 nitrogen and oxygen atoms in total. The summed E-state index contributed by atoms with van der Waals surface area (Å²) in [5.74, 6) is 6.85. The first kappa shape index (κ1) is 27.1. The van der Waals surface area contributed by atoms with Crippen molar-refractivity contribution in [3.8, 4) is 11.8 Å². The van der Waals surface area contributed by atoms with Crippen molar-refractivity contribution >= 4 is 64.4 Å². The van der Waals surface area contributed by atoms with Gasteiger partial charge in [0, 0.05) is 30.6 Å². The molecule has 6 rings (SSSR count). The monoisotopic (exact) mass is 558 g/mol. The molecule has 0 amide bonds. The van der Waals surface area contributed by atoms with E-state index in [1.807, 2.05) is 11.3 Å². The number of thiophene rings is 2. The van der Waals surface area contributed by atoms with E-state index in [2.05, 4.69) is 97.6 Å². The summed E-state index contributed by atoms with van der Waals surface area (Å²) in [6.07, 6.45) is 15.2. The van der Waals surface area contributed by atoms with Gasteiger partial charge >= 0.3 is 0 Å². The third-order valence-corrected chi connectivity index (χ3v) is 10.3. The molecule has 2 aromatic heterocycles. The number of hydrogen-bond acceptors (Lipinski definition) is 2. The predicted molar refractivity (Wildman–Crippen MR) is 180 cm³/mol. The Hall–Kier alpha value is -3.12. The highest BCUT2D eigenvalue weighted by Crippen LogP contribution is 2.38. The third kappa shape index (κ3) is 6.27. The van der Waals surface area contributed by atoms with Crippen molar-refractivity contribution in [2.75, 3.05) is 0 Å². The molecule has 0 saturated heterocycles. The van der Waals surface area contributed by atoms with Crippen molar-refractivity contribution in [2.45, 2.75) is 77.6 Å². The van der Waals surface area contributed by atoms with Crippen LogP contribution in [0.15, 0.2) is 78.9 Å². The third-order valence-electron chi connectivity index (χ3n) is 8.10. The smallest absolute Gasteiger partial charge is 0.0785 e. The standard InChI is InChI=1S/C38H38S2/c1-2-3-4-5-6-7-8-9-10-11-16-31-26-35-33-22-24-38-36(34(33)21-23-37(35)39-31)27-32(40-38)20-18-28-17-19-29-14-12-13-15-30(29)25-28/h12-15,17,19,21-27H,2-11,16H2,1H3. The number of rotatable bonds is 11. The molecule has 0 aliphatic rings. The van der Waals surface area contributed by atoms with Crippen molar-refractivity contribution in [3.63, 3.8) is 0 Å². The van der Waals surface area contributed by atoms with Crippen molar-refractivity contribution in [1.82, 2.24) is 0 Å². The van der Waals surface area contributed by atoms with Crippen LogP contribution in [0.3, 0.4) is 0 Å². The zero-order valence-electron chi connectivity index (χ0n) is 23.6. The van der Waals surface area contributed by atoms with Gasteiger partial charge < -0.3 is 0 Å². The molecule has 2 heterocycles. The van der Waals surface area contributed by atoms with E-state index >= 15 is 0 Å². The first-order valence-corrected chi connectivity index (χ1v) is 16.8. The molecule has 40 heavy (non-hydrogen) atoms. The number of unbranched alkanes of at least 4 members (excludes halogenated alkanes) is 9. The molecule has 0 fully saturated rings. The minimum Gasteiger partial charge on any atom is -0.140 e. The van der Waals surface area contributed by atoms with Crippen LogP contribution in [-0.2, 0) is 6.42 Å². The lowest BCUT2D eigenvalue weighted by atomic mass is 10.0. The maximum absolute atomic E-state index is 3.44. The number of fused-ring (bicyclic) bond motifs is 6. The SMILES string of the molecule is CCCCCCCCCCCCc1cc2c(ccc3c4cc(C#Cc5ccc6ccccc6c5)sc4ccc23)s1. The van der Waals surface area contributed by atoms with Crippen LogP contribution < -0.4 is 0 Å². The molecule has 2 heteroatoms. The highest BCUT2D eigenvalue weighted by molar-refractivity contribution is 7.20. The minimum atomic E-state index is 1.07. The summed E-state index contributed by atoms with van der Waals surface area (Å²) >= 11 is 3.79. The predicted octanol–water partition coefficient (Wildman–Crippen LogP) is 12.3. The van der Waals surface area contributed by atoms with Crippen LogP contribution in [-0.4, -0.2) is 0 Å². The highest BCUT2D eigenvalue weighted by Gasteiger charge is 2.10. The summed E-state index contributed by atoms with van der Waals surface area (Å²) in [5, 5.41) is 7.97. The van der Waals surface area contributed by atoms with Gasteiger partial charge in [0.05, 0.1) is 4.88 Å². The second kappa shape index (κ2) is 13.0. The average Bonchev–Trinajstić information content (AvgIpc) is 3.61. The van der Waals surface area contributed by atoms with Gasteiger partial charge in [-0.25, -0.2) is 0 Å². The van der Waals surface area contributed by atoms with Gasteiger partial charge in [-0.05, 0) is 70.8 Å². The molecule has 0 N–H and O–H groups in total. The van der Waals surface area contributed by atoms with Gasteiger partial charge in [-0.1, -0.05) is 119 Å². The Kier molecular flexibility index (Phi) is 8.82. The summed E-state index contributed by atoms with van der Waals surface area (Å²) in [6.45, 7) is 2.29. The van der Waals surface area contributed by atoms with Crippen LogP contribution >= 0.6 is 22.7 Å². The fraction of sp³-hybridized carbons (Fsp3) is 0.316. The van der Waals surface area contributed by atoms with E-state index < -0.39 is 0 Å². The van der Waals surface area contributed by atoms with Crippen molar-refractivity contribution in [1.29, 1.82) is 0 Å². The molecule has 0 aliphatic carbocycles. The van der Waals surface area contributed by atoms with E-state index in [4.69, 9.17) is 0 Å². The number of aryl methyl sites for hydroxylation is 1. The fourth-order valence-corrected chi connectivity index (χ4v) is 7.92. The lowest BCUT2D eigenvalue weighted by molar-refractivity contribution is 0.557. The summed E-state index contributed by atoms with van der Waals surface area (Å²) < 4.78 is 2.73. The Labute approximate surface area is 247 Å². The average molecular weight is 559 g/mol. The lowest BCUT2D eigenvalue weighted by Crippen LogP contribution is -1.84. The van der Waals surface area contributed by atoms with Gasteiger partial charge in [-0.3, -0.25) is 0 Å². The van der Waals surface area contributed by atoms with E-state index in [9.17, 15) is 0 Å². The Balaban J connectivity index is 1.13. The lowest BCUT2D eigenvalue weighted by Gasteiger charge is -2.02. The first-order chi connectivity index (χ1) is 19.8. The van der Waals surface area contributed by atoms with Crippen molar-refractivity contribution in [2.24, 2.45) is 0 Å². The normalized spacial score (nSPS) is 11.5. The maximum Gasteiger partial charge on any atom is 0.0785 e. The van der Waals surface area contributed by atoms with Crippen LogP contribution in [0.25, 0.3) is 41.7 Å². The van der Waals surface area contributed by atoms with Crippen molar-refractivity contribution < 1.29 is 0 Å². The van der Waals surface area contributed by atoms with Gasteiger partial charge in [0.25, 0.3) is 0 Å². The quantitative estimate of drug-likeness (QED) is 0.110. The fourth-order valence-electron chi connectivity index (χ4n) is 5.87. The van der Waals surface area contributed by atoms with Gasteiger partial charge in [0.1, 0.15) is 0 Å². The van der Waals surface area contributed by atoms with Crippen LogP contribution in [0.4, 0.5) is 0 Å². The van der Waals surface area contributed by atoms with Crippen LogP contribution in [0, 0.1) is 11.8 Å². The summed E-state index contributed by atoms with van der Waals surface area (Å²) in [5.41, 5.74) is 1.07. The molecule has 0 radical (unpaired) electrons. The molecule has 6 aromatic rings. The summed E-state index contributed by atoms with van der Waals surface area (Å²) in [6, 6.07) is 29.0. The van der Waals surface area contributed by atoms with Crippen LogP contribution in [0.2, 0.25) is 0 Å². The van der Waals surface area contributed by atoms with E-state index in [0.717, 1.165) is 10.4 Å². The molecule has 0 aliphatic heterocycles. The molecule has 0 saturated carbocycles. The number of benzene rings is 4.